The molecule has 6 heteroatoms. The molecule has 0 aliphatic carbocycles. The molecule has 2 aromatic carbocycles. The van der Waals surface area contributed by atoms with Gasteiger partial charge in [-0.1, -0.05) is 44.2 Å². The van der Waals surface area contributed by atoms with E-state index in [1.165, 1.54) is 4.68 Å². The molecule has 4 rings (SSSR count). The highest BCUT2D eigenvalue weighted by Crippen LogP contribution is 2.23. The Morgan fingerprint density at radius 2 is 1.88 bits per heavy atom. The molecule has 0 radical (unpaired) electrons. The number of carbonyl (C=O) groups excluding carboxylic acids is 1. The number of amides is 1. The summed E-state index contributed by atoms with van der Waals surface area (Å²) in [6.07, 6.45) is 1.60. The van der Waals surface area contributed by atoms with Crippen LogP contribution in [0.25, 0.3) is 22.4 Å². The Hall–Kier alpha value is -3.41. The van der Waals surface area contributed by atoms with Crippen molar-refractivity contribution < 1.29 is 7.65 Å². The van der Waals surface area contributed by atoms with Crippen LogP contribution in [0.4, 0.5) is 5.69 Å². The van der Waals surface area contributed by atoms with E-state index in [-0.39, 0.29) is 8.76 Å². The lowest BCUT2D eigenvalue weighted by molar-refractivity contribution is 0.101. The van der Waals surface area contributed by atoms with E-state index in [0.29, 0.717) is 11.4 Å². The van der Waals surface area contributed by atoms with Crippen molar-refractivity contribution in [2.24, 2.45) is 7.05 Å². The van der Waals surface area contributed by atoms with E-state index in [4.69, 9.17) is 0 Å². The maximum atomic E-state index is 12.3. The average Bonchev–Trinajstić information content (AvgIpc) is 3.30. The number of hydrogen-bond acceptors (Lipinski definition) is 3. The number of aryl methyl sites for hydroxylation is 1. The zero-order valence-corrected chi connectivity index (χ0v) is 15.0. The van der Waals surface area contributed by atoms with Gasteiger partial charge in [0, 0.05) is 27.3 Å². The molecule has 0 bridgehead atoms. The first kappa shape index (κ1) is 17.4. The molecular weight excluding hydrogens is 326 g/mol. The molecule has 0 fully saturated rings. The van der Waals surface area contributed by atoms with Gasteiger partial charge in [0.25, 0.3) is 5.91 Å². The SMILES string of the molecule is CC.Cn1nccc1C(=O)Nc1ccc2nc(-c3ccccc3)[nH]c2c1.[HH].[HH]. The van der Waals surface area contributed by atoms with Gasteiger partial charge in [-0.25, -0.2) is 4.98 Å². The monoisotopic (exact) mass is 351 g/mol. The van der Waals surface area contributed by atoms with Gasteiger partial charge < -0.3 is 10.3 Å². The van der Waals surface area contributed by atoms with Gasteiger partial charge in [0.05, 0.1) is 11.0 Å². The van der Waals surface area contributed by atoms with E-state index >= 15 is 0 Å². The Labute approximate surface area is 154 Å². The van der Waals surface area contributed by atoms with Gasteiger partial charge >= 0.3 is 0 Å². The van der Waals surface area contributed by atoms with Crippen molar-refractivity contribution in [3.05, 3.63) is 66.5 Å². The molecule has 0 unspecified atom stereocenters. The number of imidazole rings is 1. The van der Waals surface area contributed by atoms with Crippen LogP contribution in [0.3, 0.4) is 0 Å². The fourth-order valence-electron chi connectivity index (χ4n) is 2.61. The molecule has 2 N–H and O–H groups in total. The zero-order chi connectivity index (χ0) is 18.5. The van der Waals surface area contributed by atoms with Crippen molar-refractivity contribution >= 4 is 22.6 Å². The summed E-state index contributed by atoms with van der Waals surface area (Å²) in [4.78, 5) is 20.1. The average molecular weight is 351 g/mol. The first-order valence-corrected chi connectivity index (χ1v) is 8.55. The van der Waals surface area contributed by atoms with Gasteiger partial charge in [-0.2, -0.15) is 5.10 Å². The Balaban J connectivity index is 0.000000950. The second kappa shape index (κ2) is 7.65. The molecule has 2 heterocycles. The molecule has 0 spiro atoms. The minimum absolute atomic E-state index is 0. The minimum Gasteiger partial charge on any atom is -0.338 e. The van der Waals surface area contributed by atoms with Crippen LogP contribution in [0.1, 0.15) is 27.2 Å². The first-order chi connectivity index (χ1) is 12.7. The molecule has 0 aliphatic rings. The number of rotatable bonds is 3. The van der Waals surface area contributed by atoms with E-state index in [9.17, 15) is 4.79 Å². The molecule has 0 saturated carbocycles. The quantitative estimate of drug-likeness (QED) is 0.560. The van der Waals surface area contributed by atoms with Gasteiger partial charge in [0.15, 0.2) is 0 Å². The second-order valence-corrected chi connectivity index (χ2v) is 5.48. The number of aromatic nitrogens is 4. The van der Waals surface area contributed by atoms with Gasteiger partial charge in [-0.05, 0) is 24.3 Å². The van der Waals surface area contributed by atoms with Gasteiger partial charge in [0.2, 0.25) is 0 Å². The van der Waals surface area contributed by atoms with Crippen LogP contribution in [-0.4, -0.2) is 25.7 Å². The van der Waals surface area contributed by atoms with Crippen LogP contribution >= 0.6 is 0 Å². The van der Waals surface area contributed by atoms with Crippen molar-refractivity contribution in [1.82, 2.24) is 19.7 Å². The summed E-state index contributed by atoms with van der Waals surface area (Å²) < 4.78 is 1.54. The van der Waals surface area contributed by atoms with E-state index in [2.05, 4.69) is 20.4 Å². The molecule has 2 aromatic heterocycles. The summed E-state index contributed by atoms with van der Waals surface area (Å²) >= 11 is 0. The van der Waals surface area contributed by atoms with Crippen LogP contribution in [0.5, 0.6) is 0 Å². The highest BCUT2D eigenvalue weighted by atomic mass is 16.2. The summed E-state index contributed by atoms with van der Waals surface area (Å²) in [6.45, 7) is 4.00. The van der Waals surface area contributed by atoms with Gasteiger partial charge in [-0.3, -0.25) is 9.48 Å². The van der Waals surface area contributed by atoms with Crippen LogP contribution in [-0.2, 0) is 7.05 Å². The molecule has 1 amide bonds. The topological polar surface area (TPSA) is 75.6 Å². The van der Waals surface area contributed by atoms with Gasteiger partial charge in [0.1, 0.15) is 11.5 Å². The maximum Gasteiger partial charge on any atom is 0.273 e. The number of anilines is 1. The van der Waals surface area contributed by atoms with Crippen molar-refractivity contribution in [3.63, 3.8) is 0 Å². The molecular formula is C20H25N5O. The van der Waals surface area contributed by atoms with E-state index < -0.39 is 0 Å². The smallest absolute Gasteiger partial charge is 0.273 e. The molecule has 0 aliphatic heterocycles. The van der Waals surface area contributed by atoms with Crippen molar-refractivity contribution in [1.29, 1.82) is 0 Å². The highest BCUT2D eigenvalue weighted by Gasteiger charge is 2.11. The van der Waals surface area contributed by atoms with Gasteiger partial charge in [-0.15, -0.1) is 0 Å². The Kier molecular flexibility index (Phi) is 5.12. The summed E-state index contributed by atoms with van der Waals surface area (Å²) in [7, 11) is 1.74. The third-order valence-electron chi connectivity index (χ3n) is 3.84. The van der Waals surface area contributed by atoms with Crippen molar-refractivity contribution in [2.75, 3.05) is 5.32 Å². The number of H-pyrrole nitrogens is 1. The summed E-state index contributed by atoms with van der Waals surface area (Å²) in [5, 5.41) is 6.88. The van der Waals surface area contributed by atoms with E-state index in [0.717, 1.165) is 22.4 Å². The standard InChI is InChI=1S/C18H15N5O.C2H6.2H2/c1-23-16(9-10-19-23)18(24)20-13-7-8-14-15(11-13)22-17(21-14)12-5-3-2-4-6-12;1-2;;/h2-11H,1H3,(H,20,24)(H,21,22);1-2H3;2*1H. The number of nitrogens with one attached hydrogen (secondary N) is 2. The fraction of sp³-hybridized carbons (Fsp3) is 0.150. The third kappa shape index (κ3) is 3.49. The van der Waals surface area contributed by atoms with E-state index in [1.807, 2.05) is 62.4 Å². The number of benzene rings is 2. The maximum absolute atomic E-state index is 12.3. The lowest BCUT2D eigenvalue weighted by Gasteiger charge is -2.05. The number of nitrogens with zero attached hydrogens (tertiary/aromatic N) is 3. The number of hydrogen-bond donors (Lipinski definition) is 2. The number of carbonyl (C=O) groups is 1. The van der Waals surface area contributed by atoms with Crippen LogP contribution < -0.4 is 5.32 Å². The predicted octanol–water partition coefficient (Wildman–Crippen LogP) is 4.73. The molecule has 0 atom stereocenters. The Morgan fingerprint density at radius 3 is 2.58 bits per heavy atom. The summed E-state index contributed by atoms with van der Waals surface area (Å²) in [5.74, 6) is 0.609. The third-order valence-corrected chi connectivity index (χ3v) is 3.84. The lowest BCUT2D eigenvalue weighted by Crippen LogP contribution is -2.15. The van der Waals surface area contributed by atoms with Crippen LogP contribution in [0, 0.1) is 0 Å². The largest absolute Gasteiger partial charge is 0.338 e. The normalized spacial score (nSPS) is 10.3. The molecule has 6 nitrogen and oxygen atoms in total. The number of aromatic amines is 1. The lowest BCUT2D eigenvalue weighted by atomic mass is 10.2. The Morgan fingerprint density at radius 1 is 1.12 bits per heavy atom. The second-order valence-electron chi connectivity index (χ2n) is 5.48. The fourth-order valence-corrected chi connectivity index (χ4v) is 2.61. The van der Waals surface area contributed by atoms with Crippen LogP contribution in [0.15, 0.2) is 60.8 Å². The first-order valence-electron chi connectivity index (χ1n) is 8.55. The molecule has 0 saturated heterocycles. The highest BCUT2D eigenvalue weighted by molar-refractivity contribution is 6.03. The molecule has 4 aromatic rings. The minimum atomic E-state index is -0.197. The predicted molar refractivity (Wildman–Crippen MR) is 108 cm³/mol. The Bertz CT molecular complexity index is 1030. The number of fused-ring (bicyclic) bond motifs is 1. The summed E-state index contributed by atoms with van der Waals surface area (Å²) in [6, 6.07) is 17.2. The molecule has 136 valence electrons. The van der Waals surface area contributed by atoms with Crippen molar-refractivity contribution in [2.45, 2.75) is 13.8 Å². The van der Waals surface area contributed by atoms with Crippen molar-refractivity contribution in [3.8, 4) is 11.4 Å². The van der Waals surface area contributed by atoms with Crippen LogP contribution in [0.2, 0.25) is 0 Å². The molecule has 26 heavy (non-hydrogen) atoms. The summed E-state index contributed by atoms with van der Waals surface area (Å²) in [5.41, 5.74) is 3.96. The van der Waals surface area contributed by atoms with E-state index in [1.54, 1.807) is 19.3 Å². The zero-order valence-electron chi connectivity index (χ0n) is 15.0.